The van der Waals surface area contributed by atoms with Gasteiger partial charge in [-0.1, -0.05) is 17.7 Å². The summed E-state index contributed by atoms with van der Waals surface area (Å²) in [4.78, 5) is 20.9. The zero-order valence-corrected chi connectivity index (χ0v) is 17.6. The maximum atomic E-state index is 12.8. The Morgan fingerprint density at radius 2 is 1.93 bits per heavy atom. The number of hydrogen-bond acceptors (Lipinski definition) is 6. The molecule has 2 saturated heterocycles. The van der Waals surface area contributed by atoms with E-state index in [1.807, 2.05) is 17.0 Å². The Kier molecular flexibility index (Phi) is 5.71. The highest BCUT2D eigenvalue weighted by Gasteiger charge is 2.39. The molecular weight excluding hydrogens is 420 g/mol. The number of nitrogens with zero attached hydrogens (tertiary/aromatic N) is 4. The van der Waals surface area contributed by atoms with Crippen molar-refractivity contribution in [1.82, 2.24) is 19.1 Å². The lowest BCUT2D eigenvalue weighted by Gasteiger charge is -2.36. The van der Waals surface area contributed by atoms with E-state index in [0.29, 0.717) is 43.6 Å². The van der Waals surface area contributed by atoms with Crippen molar-refractivity contribution in [1.29, 1.82) is 0 Å². The number of aromatic nitrogens is 1. The predicted molar refractivity (Wildman–Crippen MR) is 108 cm³/mol. The predicted octanol–water partition coefficient (Wildman–Crippen LogP) is 1.90. The maximum Gasteiger partial charge on any atom is 0.252 e. The van der Waals surface area contributed by atoms with Gasteiger partial charge in [-0.15, -0.1) is 11.3 Å². The molecule has 0 radical (unpaired) electrons. The molecule has 0 spiro atoms. The van der Waals surface area contributed by atoms with Gasteiger partial charge < -0.3 is 4.90 Å². The van der Waals surface area contributed by atoms with Crippen molar-refractivity contribution in [3.8, 4) is 0 Å². The van der Waals surface area contributed by atoms with Crippen LogP contribution >= 0.6 is 22.9 Å². The molecule has 1 unspecified atom stereocenters. The first kappa shape index (κ1) is 19.8. The summed E-state index contributed by atoms with van der Waals surface area (Å²) in [6.07, 6.45) is 4.27. The van der Waals surface area contributed by atoms with Crippen LogP contribution in [0.2, 0.25) is 4.34 Å². The van der Waals surface area contributed by atoms with Crippen LogP contribution in [0.5, 0.6) is 0 Å². The minimum Gasteiger partial charge on any atom is -0.337 e. The summed E-state index contributed by atoms with van der Waals surface area (Å²) in [6, 6.07) is 6.81. The molecule has 28 heavy (non-hydrogen) atoms. The monoisotopic (exact) mass is 440 g/mol. The van der Waals surface area contributed by atoms with Crippen molar-refractivity contribution in [3.05, 3.63) is 46.6 Å². The Bertz CT molecular complexity index is 943. The molecule has 2 aromatic rings. The standard InChI is InChI=1S/C18H21ClN4O3S2/c19-16-3-4-17(27-16)28(25,26)23-10-8-21(9-11-23)15-5-7-22(18(15)24)13-14-2-1-6-20-12-14/h1-4,6,12,15H,5,7-11,13H2. The van der Waals surface area contributed by atoms with Crippen LogP contribution in [0, 0.1) is 0 Å². The Balaban J connectivity index is 1.36. The normalized spacial score (nSPS) is 22.1. The second-order valence-electron chi connectivity index (χ2n) is 6.92. The number of hydrogen-bond donors (Lipinski definition) is 0. The number of halogens is 1. The highest BCUT2D eigenvalue weighted by atomic mass is 35.5. The van der Waals surface area contributed by atoms with Gasteiger partial charge in [0.2, 0.25) is 5.91 Å². The van der Waals surface area contributed by atoms with Crippen LogP contribution in [0.4, 0.5) is 0 Å². The summed E-state index contributed by atoms with van der Waals surface area (Å²) in [5.74, 6) is 0.116. The molecule has 1 atom stereocenters. The summed E-state index contributed by atoms with van der Waals surface area (Å²) in [5.41, 5.74) is 1.02. The van der Waals surface area contributed by atoms with Crippen LogP contribution < -0.4 is 0 Å². The lowest BCUT2D eigenvalue weighted by Crippen LogP contribution is -2.53. The van der Waals surface area contributed by atoms with Crippen molar-refractivity contribution < 1.29 is 13.2 Å². The summed E-state index contributed by atoms with van der Waals surface area (Å²) in [6.45, 7) is 3.14. The fourth-order valence-electron chi connectivity index (χ4n) is 3.75. The Morgan fingerprint density at radius 3 is 2.57 bits per heavy atom. The largest absolute Gasteiger partial charge is 0.337 e. The molecule has 2 aliphatic rings. The number of sulfonamides is 1. The van der Waals surface area contributed by atoms with Gasteiger partial charge in [-0.25, -0.2) is 8.42 Å². The molecule has 4 heterocycles. The van der Waals surface area contributed by atoms with Crippen LogP contribution in [0.15, 0.2) is 40.9 Å². The van der Waals surface area contributed by atoms with Crippen molar-refractivity contribution in [2.45, 2.75) is 23.2 Å². The summed E-state index contributed by atoms with van der Waals surface area (Å²) < 4.78 is 27.7. The van der Waals surface area contributed by atoms with Gasteiger partial charge in [-0.2, -0.15) is 4.31 Å². The third-order valence-corrected chi connectivity index (χ3v) is 8.82. The zero-order chi connectivity index (χ0) is 19.7. The van der Waals surface area contributed by atoms with Gasteiger partial charge in [0, 0.05) is 51.7 Å². The smallest absolute Gasteiger partial charge is 0.252 e. The van der Waals surface area contributed by atoms with Crippen LogP contribution in [0.25, 0.3) is 0 Å². The van der Waals surface area contributed by atoms with Gasteiger partial charge in [0.25, 0.3) is 10.0 Å². The number of pyridine rings is 1. The molecule has 4 rings (SSSR count). The lowest BCUT2D eigenvalue weighted by molar-refractivity contribution is -0.133. The highest BCUT2D eigenvalue weighted by molar-refractivity contribution is 7.91. The number of carbonyl (C=O) groups is 1. The Labute approximate surface area is 173 Å². The molecule has 2 aromatic heterocycles. The quantitative estimate of drug-likeness (QED) is 0.710. The fraction of sp³-hybridized carbons (Fsp3) is 0.444. The molecule has 2 aliphatic heterocycles. The third kappa shape index (κ3) is 3.95. The van der Waals surface area contributed by atoms with E-state index in [4.69, 9.17) is 11.6 Å². The zero-order valence-electron chi connectivity index (χ0n) is 15.2. The summed E-state index contributed by atoms with van der Waals surface area (Å²) in [5, 5.41) is 0. The maximum absolute atomic E-state index is 12.8. The van der Waals surface area contributed by atoms with Crippen LogP contribution in [0.3, 0.4) is 0 Å². The van der Waals surface area contributed by atoms with Gasteiger partial charge in [0.1, 0.15) is 4.21 Å². The molecule has 150 valence electrons. The molecule has 0 N–H and O–H groups in total. The van der Waals surface area contributed by atoms with Gasteiger partial charge in [0.05, 0.1) is 10.4 Å². The van der Waals surface area contributed by atoms with E-state index >= 15 is 0 Å². The van der Waals surface area contributed by atoms with E-state index in [9.17, 15) is 13.2 Å². The topological polar surface area (TPSA) is 73.8 Å². The number of piperazine rings is 1. The van der Waals surface area contributed by atoms with E-state index in [1.54, 1.807) is 24.5 Å². The fourth-order valence-corrected chi connectivity index (χ4v) is 6.81. The molecule has 10 heteroatoms. The molecule has 1 amide bonds. The summed E-state index contributed by atoms with van der Waals surface area (Å²) >= 11 is 6.96. The van der Waals surface area contributed by atoms with Crippen molar-refractivity contribution in [2.75, 3.05) is 32.7 Å². The van der Waals surface area contributed by atoms with Crippen LogP contribution in [-0.2, 0) is 21.4 Å². The first-order valence-corrected chi connectivity index (χ1v) is 11.8. The van der Waals surface area contributed by atoms with Crippen molar-refractivity contribution in [2.24, 2.45) is 0 Å². The van der Waals surface area contributed by atoms with E-state index in [-0.39, 0.29) is 16.2 Å². The summed E-state index contributed by atoms with van der Waals surface area (Å²) in [7, 11) is -3.51. The van der Waals surface area contributed by atoms with Gasteiger partial charge in [-0.3, -0.25) is 14.7 Å². The molecule has 0 bridgehead atoms. The van der Waals surface area contributed by atoms with Crippen LogP contribution in [-0.4, -0.2) is 72.2 Å². The first-order valence-electron chi connectivity index (χ1n) is 9.12. The first-order chi connectivity index (χ1) is 13.4. The SMILES string of the molecule is O=C1C(N2CCN(S(=O)(=O)c3ccc(Cl)s3)CC2)CCN1Cc1cccnc1. The van der Waals surface area contributed by atoms with E-state index in [1.165, 1.54) is 4.31 Å². The van der Waals surface area contributed by atoms with E-state index < -0.39 is 10.0 Å². The van der Waals surface area contributed by atoms with Crippen molar-refractivity contribution >= 4 is 38.9 Å². The molecule has 0 aliphatic carbocycles. The van der Waals surface area contributed by atoms with Gasteiger partial charge in [0.15, 0.2) is 0 Å². The second kappa shape index (κ2) is 8.08. The average Bonchev–Trinajstić information content (AvgIpc) is 3.30. The molecule has 7 nitrogen and oxygen atoms in total. The minimum absolute atomic E-state index is 0.116. The minimum atomic E-state index is -3.51. The second-order valence-corrected chi connectivity index (χ2v) is 10.8. The number of carbonyl (C=O) groups excluding carboxylic acids is 1. The number of thiophene rings is 1. The van der Waals surface area contributed by atoms with E-state index in [2.05, 4.69) is 9.88 Å². The third-order valence-electron chi connectivity index (χ3n) is 5.22. The van der Waals surface area contributed by atoms with Crippen molar-refractivity contribution in [3.63, 3.8) is 0 Å². The number of rotatable bonds is 5. The van der Waals surface area contributed by atoms with Crippen LogP contribution in [0.1, 0.15) is 12.0 Å². The number of likely N-dealkylation sites (tertiary alicyclic amines) is 1. The van der Waals surface area contributed by atoms with E-state index in [0.717, 1.165) is 23.3 Å². The molecular formula is C18H21ClN4O3S2. The molecule has 0 aromatic carbocycles. The Morgan fingerprint density at radius 1 is 1.14 bits per heavy atom. The highest BCUT2D eigenvalue weighted by Crippen LogP contribution is 2.29. The number of amides is 1. The van der Waals surface area contributed by atoms with Gasteiger partial charge >= 0.3 is 0 Å². The Hall–Kier alpha value is -1.52. The van der Waals surface area contributed by atoms with Gasteiger partial charge in [-0.05, 0) is 30.2 Å². The average molecular weight is 441 g/mol. The lowest BCUT2D eigenvalue weighted by atomic mass is 10.2. The molecule has 2 fully saturated rings. The molecule has 0 saturated carbocycles.